The van der Waals surface area contributed by atoms with Crippen LogP contribution >= 0.6 is 0 Å². The number of nitrogens with zero attached hydrogens (tertiary/aromatic N) is 1. The van der Waals surface area contributed by atoms with E-state index in [-0.39, 0.29) is 5.91 Å². The van der Waals surface area contributed by atoms with Gasteiger partial charge in [0.2, 0.25) is 5.91 Å². The Morgan fingerprint density at radius 3 is 1.31 bits per heavy atom. The summed E-state index contributed by atoms with van der Waals surface area (Å²) in [7, 11) is 0. The molecule has 1 aliphatic rings. The molecule has 1 heterocycles. The fourth-order valence-corrected chi connectivity index (χ4v) is 6.71. The molecule has 0 unspecified atom stereocenters. The first-order chi connectivity index (χ1) is 22.0. The van der Waals surface area contributed by atoms with E-state index < -0.39 is 37.2 Å². The molecule has 7 nitrogen and oxygen atoms in total. The molecule has 0 aromatic rings. The molecule has 1 saturated heterocycles. The van der Waals surface area contributed by atoms with E-state index in [1.165, 1.54) is 135 Å². The Labute approximate surface area is 278 Å². The van der Waals surface area contributed by atoms with E-state index in [2.05, 4.69) is 13.8 Å². The highest BCUT2D eigenvalue weighted by atomic mass is 16.5. The standard InChI is InChI=1S/C38H76N2O5/c1-3-5-7-9-11-13-15-17-18-19-20-22-24-26-28-30-34(42)40(38-35(39)37(44)36(43)33(32-41)45-38)31-29-27-25-23-21-16-14-12-10-8-6-4-2/h33,35-38,41,43-44H,3-32,39H2,1-2H3/t33-,35-,36+,37-,38-/m1/s1. The van der Waals surface area contributed by atoms with Crippen molar-refractivity contribution >= 4 is 5.91 Å². The van der Waals surface area contributed by atoms with Crippen LogP contribution < -0.4 is 5.73 Å². The van der Waals surface area contributed by atoms with Crippen LogP contribution in [0.3, 0.4) is 0 Å². The molecule has 7 heteroatoms. The molecule has 0 spiro atoms. The SMILES string of the molecule is CCCCCCCCCCCCCCCCCC(=O)N(CCCCCCCCCCCCCC)[C@@H]1O[C@H](CO)[C@H](O)[C@H](O)[C@H]1N. The van der Waals surface area contributed by atoms with E-state index in [1.807, 2.05) is 0 Å². The predicted molar refractivity (Wildman–Crippen MR) is 188 cm³/mol. The Hall–Kier alpha value is -0.730. The number of ether oxygens (including phenoxy) is 1. The third-order valence-electron chi connectivity index (χ3n) is 9.82. The van der Waals surface area contributed by atoms with Gasteiger partial charge in [-0.25, -0.2) is 0 Å². The molecule has 0 radical (unpaired) electrons. The quantitative estimate of drug-likeness (QED) is 0.0565. The summed E-state index contributed by atoms with van der Waals surface area (Å²) in [4.78, 5) is 15.1. The molecular weight excluding hydrogens is 564 g/mol. The van der Waals surface area contributed by atoms with Gasteiger partial charge in [-0.15, -0.1) is 0 Å². The normalized spacial score (nSPS) is 21.8. The van der Waals surface area contributed by atoms with Crippen LogP contribution in [0.15, 0.2) is 0 Å². The van der Waals surface area contributed by atoms with Gasteiger partial charge in [0.1, 0.15) is 18.3 Å². The van der Waals surface area contributed by atoms with E-state index in [0.717, 1.165) is 38.5 Å². The molecule has 1 amide bonds. The van der Waals surface area contributed by atoms with Crippen molar-refractivity contribution in [1.82, 2.24) is 4.90 Å². The van der Waals surface area contributed by atoms with Crippen molar-refractivity contribution in [2.45, 2.75) is 224 Å². The van der Waals surface area contributed by atoms with Crippen molar-refractivity contribution in [3.05, 3.63) is 0 Å². The summed E-state index contributed by atoms with van der Waals surface area (Å²) < 4.78 is 5.92. The lowest BCUT2D eigenvalue weighted by Gasteiger charge is -2.45. The Morgan fingerprint density at radius 2 is 0.933 bits per heavy atom. The summed E-state index contributed by atoms with van der Waals surface area (Å²) in [5.74, 6) is -0.00602. The summed E-state index contributed by atoms with van der Waals surface area (Å²) in [6.45, 7) is 4.62. The number of aliphatic hydroxyl groups is 3. The first-order valence-corrected chi connectivity index (χ1v) is 19.6. The highest BCUT2D eigenvalue weighted by Crippen LogP contribution is 2.24. The topological polar surface area (TPSA) is 116 Å². The Kier molecular flexibility index (Phi) is 27.6. The molecule has 1 rings (SSSR count). The summed E-state index contributed by atoms with van der Waals surface area (Å²) in [5, 5.41) is 30.5. The maximum Gasteiger partial charge on any atom is 0.224 e. The van der Waals surface area contributed by atoms with Crippen LogP contribution in [-0.4, -0.2) is 69.9 Å². The molecule has 5 atom stereocenters. The average Bonchev–Trinajstić information content (AvgIpc) is 3.04. The second-order valence-corrected chi connectivity index (χ2v) is 14.0. The van der Waals surface area contributed by atoms with Gasteiger partial charge in [0, 0.05) is 13.0 Å². The molecule has 0 saturated carbocycles. The minimum atomic E-state index is -1.26. The first kappa shape index (κ1) is 42.3. The van der Waals surface area contributed by atoms with E-state index in [9.17, 15) is 20.1 Å². The molecular formula is C38H76N2O5. The van der Waals surface area contributed by atoms with Crippen molar-refractivity contribution in [3.8, 4) is 0 Å². The maximum absolute atomic E-state index is 13.4. The lowest BCUT2D eigenvalue weighted by molar-refractivity contribution is -0.226. The zero-order valence-corrected chi connectivity index (χ0v) is 29.8. The van der Waals surface area contributed by atoms with E-state index >= 15 is 0 Å². The number of nitrogens with two attached hydrogens (primary N) is 1. The van der Waals surface area contributed by atoms with Crippen LogP contribution in [0.25, 0.3) is 0 Å². The molecule has 0 aromatic carbocycles. The predicted octanol–water partition coefficient (Wildman–Crippen LogP) is 8.54. The van der Waals surface area contributed by atoms with Gasteiger partial charge in [-0.05, 0) is 12.8 Å². The molecule has 0 aliphatic carbocycles. The Bertz CT molecular complexity index is 664. The van der Waals surface area contributed by atoms with Gasteiger partial charge in [-0.2, -0.15) is 0 Å². The third kappa shape index (κ3) is 20.3. The zero-order valence-electron chi connectivity index (χ0n) is 29.8. The van der Waals surface area contributed by atoms with Crippen LogP contribution in [0, 0.1) is 0 Å². The average molecular weight is 641 g/mol. The number of hydrogen-bond acceptors (Lipinski definition) is 6. The summed E-state index contributed by atoms with van der Waals surface area (Å²) in [5.41, 5.74) is 6.28. The number of carbonyl (C=O) groups is 1. The minimum Gasteiger partial charge on any atom is -0.394 e. The smallest absolute Gasteiger partial charge is 0.224 e. The molecule has 5 N–H and O–H groups in total. The number of carbonyl (C=O) groups excluding carboxylic acids is 1. The van der Waals surface area contributed by atoms with Crippen molar-refractivity contribution in [2.75, 3.05) is 13.2 Å². The van der Waals surface area contributed by atoms with Crippen LogP contribution in [0.5, 0.6) is 0 Å². The third-order valence-corrected chi connectivity index (χ3v) is 9.82. The molecule has 0 aromatic heterocycles. The van der Waals surface area contributed by atoms with Crippen molar-refractivity contribution in [2.24, 2.45) is 5.73 Å². The second kappa shape index (κ2) is 29.4. The fraction of sp³-hybridized carbons (Fsp3) is 0.974. The lowest BCUT2D eigenvalue weighted by atomic mass is 9.95. The molecule has 1 fully saturated rings. The second-order valence-electron chi connectivity index (χ2n) is 14.0. The first-order valence-electron chi connectivity index (χ1n) is 19.6. The molecule has 45 heavy (non-hydrogen) atoms. The fourth-order valence-electron chi connectivity index (χ4n) is 6.71. The van der Waals surface area contributed by atoms with Gasteiger partial charge in [0.15, 0.2) is 6.23 Å². The molecule has 1 aliphatic heterocycles. The van der Waals surface area contributed by atoms with Crippen molar-refractivity contribution < 1.29 is 24.9 Å². The van der Waals surface area contributed by atoms with Gasteiger partial charge in [-0.3, -0.25) is 4.79 Å². The Morgan fingerprint density at radius 1 is 0.578 bits per heavy atom. The van der Waals surface area contributed by atoms with Crippen molar-refractivity contribution in [3.63, 3.8) is 0 Å². The number of hydrogen-bond donors (Lipinski definition) is 4. The van der Waals surface area contributed by atoms with E-state index in [4.69, 9.17) is 10.5 Å². The van der Waals surface area contributed by atoms with E-state index in [0.29, 0.717) is 13.0 Å². The van der Waals surface area contributed by atoms with Gasteiger partial charge in [0.05, 0.1) is 12.6 Å². The van der Waals surface area contributed by atoms with Gasteiger partial charge < -0.3 is 30.7 Å². The van der Waals surface area contributed by atoms with Crippen LogP contribution in [0.2, 0.25) is 0 Å². The van der Waals surface area contributed by atoms with Crippen molar-refractivity contribution in [1.29, 1.82) is 0 Å². The van der Waals surface area contributed by atoms with Gasteiger partial charge in [0.25, 0.3) is 0 Å². The summed E-state index contributed by atoms with van der Waals surface area (Å²) >= 11 is 0. The maximum atomic E-state index is 13.4. The zero-order chi connectivity index (χ0) is 33.0. The molecule has 0 bridgehead atoms. The largest absolute Gasteiger partial charge is 0.394 e. The Balaban J connectivity index is 2.32. The van der Waals surface area contributed by atoms with Crippen LogP contribution in [-0.2, 0) is 9.53 Å². The van der Waals surface area contributed by atoms with Gasteiger partial charge in [-0.1, -0.05) is 174 Å². The number of unbranched alkanes of at least 4 members (excludes halogenated alkanes) is 25. The number of aliphatic hydroxyl groups excluding tert-OH is 3. The highest BCUT2D eigenvalue weighted by molar-refractivity contribution is 5.76. The number of amides is 1. The summed E-state index contributed by atoms with van der Waals surface area (Å²) in [6.07, 6.45) is 30.3. The van der Waals surface area contributed by atoms with Crippen LogP contribution in [0.1, 0.15) is 194 Å². The van der Waals surface area contributed by atoms with Crippen LogP contribution in [0.4, 0.5) is 0 Å². The van der Waals surface area contributed by atoms with Gasteiger partial charge >= 0.3 is 0 Å². The monoisotopic (exact) mass is 641 g/mol. The summed E-state index contributed by atoms with van der Waals surface area (Å²) in [6, 6.07) is -0.912. The number of rotatable bonds is 31. The minimum absolute atomic E-state index is 0.00602. The lowest BCUT2D eigenvalue weighted by Crippen LogP contribution is -2.67. The highest BCUT2D eigenvalue weighted by Gasteiger charge is 2.45. The van der Waals surface area contributed by atoms with E-state index in [1.54, 1.807) is 4.90 Å². The molecule has 268 valence electrons.